The summed E-state index contributed by atoms with van der Waals surface area (Å²) in [6, 6.07) is 92.7. The van der Waals surface area contributed by atoms with Crippen LogP contribution in [0.3, 0.4) is 0 Å². The van der Waals surface area contributed by atoms with E-state index in [1.807, 2.05) is 0 Å². The molecular formula is C62H42N2. The summed E-state index contributed by atoms with van der Waals surface area (Å²) >= 11 is 0. The van der Waals surface area contributed by atoms with Crippen LogP contribution in [0.1, 0.15) is 0 Å². The normalized spacial score (nSPS) is 11.4. The zero-order valence-corrected chi connectivity index (χ0v) is 35.1. The third-order valence-corrected chi connectivity index (χ3v) is 12.8. The lowest BCUT2D eigenvalue weighted by molar-refractivity contribution is 1.18. The molecule has 11 aromatic carbocycles. The van der Waals surface area contributed by atoms with Gasteiger partial charge < -0.3 is 9.47 Å². The molecule has 1 heterocycles. The molecule has 0 aliphatic carbocycles. The van der Waals surface area contributed by atoms with Crippen LogP contribution in [0.15, 0.2) is 255 Å². The second kappa shape index (κ2) is 15.8. The number of hydrogen-bond acceptors (Lipinski definition) is 1. The molecule has 0 bridgehead atoms. The monoisotopic (exact) mass is 814 g/mol. The van der Waals surface area contributed by atoms with Crippen LogP contribution in [0.4, 0.5) is 17.1 Å². The molecule has 12 aromatic rings. The van der Waals surface area contributed by atoms with Crippen molar-refractivity contribution in [2.75, 3.05) is 4.90 Å². The molecule has 0 amide bonds. The van der Waals surface area contributed by atoms with Crippen LogP contribution >= 0.6 is 0 Å². The smallest absolute Gasteiger partial charge is 0.0547 e. The number of para-hydroxylation sites is 1. The largest absolute Gasteiger partial charge is 0.310 e. The molecule has 0 atom stereocenters. The van der Waals surface area contributed by atoms with Crippen molar-refractivity contribution in [3.8, 4) is 50.2 Å². The Labute approximate surface area is 373 Å². The Kier molecular flexibility index (Phi) is 9.20. The van der Waals surface area contributed by atoms with Crippen molar-refractivity contribution < 1.29 is 0 Å². The Balaban J connectivity index is 1.02. The molecule has 2 nitrogen and oxygen atoms in total. The lowest BCUT2D eigenvalue weighted by atomic mass is 9.96. The van der Waals surface area contributed by atoms with E-state index in [9.17, 15) is 0 Å². The second-order valence-electron chi connectivity index (χ2n) is 16.5. The van der Waals surface area contributed by atoms with Gasteiger partial charge in [0.15, 0.2) is 0 Å². The first kappa shape index (κ1) is 37.3. The standard InChI is InChI=1S/C62H42N2/c1-4-16-43(17-5-1)45-28-33-51(34-29-45)63(60-39-37-54(47-20-8-3-9-21-47)56-24-12-13-25-57(56)60)52-35-30-46(31-36-52)50-40-49(44-18-6-2-7-19-44)41-53(42-50)64-59-27-15-14-26-58(59)62-55-23-11-10-22-48(55)32-38-61(62)64/h1-42H. The van der Waals surface area contributed by atoms with Gasteiger partial charge in [-0.2, -0.15) is 0 Å². The molecule has 0 aliphatic rings. The minimum absolute atomic E-state index is 1.09. The van der Waals surface area contributed by atoms with Gasteiger partial charge in [0.2, 0.25) is 0 Å². The van der Waals surface area contributed by atoms with Crippen molar-refractivity contribution in [3.63, 3.8) is 0 Å². The number of anilines is 3. The van der Waals surface area contributed by atoms with Gasteiger partial charge in [-0.15, -0.1) is 0 Å². The average molecular weight is 815 g/mol. The van der Waals surface area contributed by atoms with Crippen LogP contribution in [0.2, 0.25) is 0 Å². The summed E-state index contributed by atoms with van der Waals surface area (Å²) < 4.78 is 2.45. The molecule has 0 aliphatic heterocycles. The molecule has 2 heteroatoms. The van der Waals surface area contributed by atoms with Gasteiger partial charge in [-0.25, -0.2) is 0 Å². The fraction of sp³-hybridized carbons (Fsp3) is 0. The minimum atomic E-state index is 1.09. The number of hydrogen-bond donors (Lipinski definition) is 0. The third-order valence-electron chi connectivity index (χ3n) is 12.8. The SMILES string of the molecule is c1ccc(-c2ccc(N(c3ccc(-c4cc(-c5ccccc5)cc(-n5c6ccccc6c6c7ccccc7ccc65)c4)cc3)c3ccc(-c4ccccc4)c4ccccc34)cc2)cc1. The Hall–Kier alpha value is -8.46. The van der Waals surface area contributed by atoms with Crippen LogP contribution in [0.25, 0.3) is 93.5 Å². The van der Waals surface area contributed by atoms with E-state index in [0.717, 1.165) is 33.9 Å². The summed E-state index contributed by atoms with van der Waals surface area (Å²) in [7, 11) is 0. The van der Waals surface area contributed by atoms with Crippen molar-refractivity contribution in [1.29, 1.82) is 0 Å². The number of benzene rings is 11. The van der Waals surface area contributed by atoms with E-state index in [1.165, 1.54) is 76.7 Å². The van der Waals surface area contributed by atoms with Crippen LogP contribution in [-0.4, -0.2) is 4.57 Å². The average Bonchev–Trinajstić information content (AvgIpc) is 3.72. The molecule has 0 saturated carbocycles. The first-order valence-electron chi connectivity index (χ1n) is 22.0. The fourth-order valence-corrected chi connectivity index (χ4v) is 9.73. The van der Waals surface area contributed by atoms with Gasteiger partial charge in [0.05, 0.1) is 16.7 Å². The van der Waals surface area contributed by atoms with E-state index in [1.54, 1.807) is 0 Å². The van der Waals surface area contributed by atoms with Crippen molar-refractivity contribution in [1.82, 2.24) is 4.57 Å². The van der Waals surface area contributed by atoms with Crippen LogP contribution < -0.4 is 4.90 Å². The molecular weight excluding hydrogens is 773 g/mol. The fourth-order valence-electron chi connectivity index (χ4n) is 9.73. The maximum absolute atomic E-state index is 2.45. The Morgan fingerprint density at radius 1 is 0.281 bits per heavy atom. The van der Waals surface area contributed by atoms with E-state index in [4.69, 9.17) is 0 Å². The van der Waals surface area contributed by atoms with Gasteiger partial charge >= 0.3 is 0 Å². The molecule has 0 fully saturated rings. The summed E-state index contributed by atoms with van der Waals surface area (Å²) in [6.45, 7) is 0. The molecule has 1 aromatic heterocycles. The molecule has 12 rings (SSSR count). The van der Waals surface area contributed by atoms with Crippen molar-refractivity contribution >= 4 is 60.4 Å². The molecule has 0 saturated heterocycles. The maximum Gasteiger partial charge on any atom is 0.0547 e. The highest BCUT2D eigenvalue weighted by atomic mass is 15.1. The number of nitrogens with zero attached hydrogens (tertiary/aromatic N) is 2. The molecule has 64 heavy (non-hydrogen) atoms. The van der Waals surface area contributed by atoms with Gasteiger partial charge in [-0.3, -0.25) is 0 Å². The van der Waals surface area contributed by atoms with Gasteiger partial charge in [-0.05, 0) is 121 Å². The predicted octanol–water partition coefficient (Wildman–Crippen LogP) is 17.2. The van der Waals surface area contributed by atoms with Gasteiger partial charge in [0, 0.05) is 33.2 Å². The maximum atomic E-state index is 2.45. The van der Waals surface area contributed by atoms with E-state index < -0.39 is 0 Å². The van der Waals surface area contributed by atoms with E-state index in [0.29, 0.717) is 0 Å². The molecule has 0 unspecified atom stereocenters. The topological polar surface area (TPSA) is 8.17 Å². The quantitative estimate of drug-likeness (QED) is 0.148. The van der Waals surface area contributed by atoms with E-state index >= 15 is 0 Å². The lowest BCUT2D eigenvalue weighted by Crippen LogP contribution is -2.10. The first-order chi connectivity index (χ1) is 31.7. The lowest BCUT2D eigenvalue weighted by Gasteiger charge is -2.28. The van der Waals surface area contributed by atoms with Crippen LogP contribution in [0.5, 0.6) is 0 Å². The van der Waals surface area contributed by atoms with E-state index in [2.05, 4.69) is 264 Å². The van der Waals surface area contributed by atoms with Crippen molar-refractivity contribution in [3.05, 3.63) is 255 Å². The van der Waals surface area contributed by atoms with Gasteiger partial charge in [0.25, 0.3) is 0 Å². The number of aromatic nitrogens is 1. The van der Waals surface area contributed by atoms with Crippen LogP contribution in [0, 0.1) is 0 Å². The molecule has 0 spiro atoms. The highest BCUT2D eigenvalue weighted by Crippen LogP contribution is 2.44. The first-order valence-corrected chi connectivity index (χ1v) is 22.0. The second-order valence-corrected chi connectivity index (χ2v) is 16.5. The zero-order chi connectivity index (χ0) is 42.4. The Morgan fingerprint density at radius 2 is 0.766 bits per heavy atom. The Morgan fingerprint density at radius 3 is 1.41 bits per heavy atom. The molecule has 0 radical (unpaired) electrons. The number of fused-ring (bicyclic) bond motifs is 6. The van der Waals surface area contributed by atoms with Crippen molar-refractivity contribution in [2.45, 2.75) is 0 Å². The predicted molar refractivity (Wildman–Crippen MR) is 272 cm³/mol. The molecule has 300 valence electrons. The summed E-state index contributed by atoms with van der Waals surface area (Å²) in [5.74, 6) is 0. The summed E-state index contributed by atoms with van der Waals surface area (Å²) in [6.07, 6.45) is 0. The van der Waals surface area contributed by atoms with E-state index in [-0.39, 0.29) is 0 Å². The minimum Gasteiger partial charge on any atom is -0.310 e. The van der Waals surface area contributed by atoms with Gasteiger partial charge in [-0.1, -0.05) is 194 Å². The summed E-state index contributed by atoms with van der Waals surface area (Å²) in [5.41, 5.74) is 16.3. The van der Waals surface area contributed by atoms with Gasteiger partial charge in [0.1, 0.15) is 0 Å². The number of rotatable bonds is 8. The molecule has 0 N–H and O–H groups in total. The zero-order valence-electron chi connectivity index (χ0n) is 35.1. The highest BCUT2D eigenvalue weighted by molar-refractivity contribution is 6.21. The summed E-state index contributed by atoms with van der Waals surface area (Å²) in [4.78, 5) is 2.41. The Bertz CT molecular complexity index is 3630. The van der Waals surface area contributed by atoms with Crippen LogP contribution in [-0.2, 0) is 0 Å². The highest BCUT2D eigenvalue weighted by Gasteiger charge is 2.20. The van der Waals surface area contributed by atoms with Crippen molar-refractivity contribution in [2.24, 2.45) is 0 Å². The third kappa shape index (κ3) is 6.52. The summed E-state index contributed by atoms with van der Waals surface area (Å²) in [5, 5.41) is 7.47.